The Bertz CT molecular complexity index is 307. The first-order chi connectivity index (χ1) is 5.79. The van der Waals surface area contributed by atoms with Crippen LogP contribution in [0.3, 0.4) is 0 Å². The molecule has 1 aromatic heterocycles. The summed E-state index contributed by atoms with van der Waals surface area (Å²) in [6, 6.07) is 0. The van der Waals surface area contributed by atoms with Crippen molar-refractivity contribution in [2.75, 3.05) is 0 Å². The van der Waals surface area contributed by atoms with Gasteiger partial charge in [-0.3, -0.25) is 4.79 Å². The second-order valence-electron chi connectivity index (χ2n) is 2.88. The molecule has 1 aliphatic carbocycles. The van der Waals surface area contributed by atoms with Crippen LogP contribution in [-0.4, -0.2) is 21.4 Å². The van der Waals surface area contributed by atoms with Gasteiger partial charge in [0.15, 0.2) is 0 Å². The number of fused-ring (bicyclic) bond motifs is 1. The van der Waals surface area contributed by atoms with Gasteiger partial charge < -0.3 is 5.11 Å². The van der Waals surface area contributed by atoms with E-state index in [0.29, 0.717) is 17.8 Å². The average Bonchev–Trinajstić information content (AvgIpc) is 2.49. The Kier molecular flexibility index (Phi) is 1.56. The summed E-state index contributed by atoms with van der Waals surface area (Å²) in [4.78, 5) is 10.7. The SMILES string of the molecule is O=C(O)C1CCCc2nonc21. The minimum absolute atomic E-state index is 0.508. The third-order valence-electron chi connectivity index (χ3n) is 2.12. The predicted molar refractivity (Wildman–Crippen MR) is 37.6 cm³/mol. The van der Waals surface area contributed by atoms with E-state index in [1.165, 1.54) is 0 Å². The molecule has 0 radical (unpaired) electrons. The number of aryl methyl sites for hydroxylation is 1. The van der Waals surface area contributed by atoms with Crippen molar-refractivity contribution >= 4 is 5.97 Å². The summed E-state index contributed by atoms with van der Waals surface area (Å²) in [6.45, 7) is 0. The van der Waals surface area contributed by atoms with Crippen LogP contribution in [0.1, 0.15) is 30.1 Å². The van der Waals surface area contributed by atoms with Crippen LogP contribution in [-0.2, 0) is 11.2 Å². The fraction of sp³-hybridized carbons (Fsp3) is 0.571. The Morgan fingerprint density at radius 2 is 2.42 bits per heavy atom. The lowest BCUT2D eigenvalue weighted by Gasteiger charge is -2.13. The molecule has 0 saturated heterocycles. The van der Waals surface area contributed by atoms with Crippen molar-refractivity contribution in [3.8, 4) is 0 Å². The summed E-state index contributed by atoms with van der Waals surface area (Å²) in [7, 11) is 0. The molecule has 0 fully saturated rings. The highest BCUT2D eigenvalue weighted by atomic mass is 16.6. The zero-order valence-corrected chi connectivity index (χ0v) is 6.36. The van der Waals surface area contributed by atoms with Crippen LogP contribution in [0.15, 0.2) is 4.63 Å². The van der Waals surface area contributed by atoms with Crippen molar-refractivity contribution in [2.45, 2.75) is 25.2 Å². The molecule has 1 atom stereocenters. The maximum Gasteiger partial charge on any atom is 0.312 e. The molecule has 0 aromatic carbocycles. The first-order valence-electron chi connectivity index (χ1n) is 3.83. The highest BCUT2D eigenvalue weighted by Crippen LogP contribution is 2.28. The first kappa shape index (κ1) is 7.27. The standard InChI is InChI=1S/C7H8N2O3/c10-7(11)4-2-1-3-5-6(4)9-12-8-5/h4H,1-3H2,(H,10,11). The van der Waals surface area contributed by atoms with Crippen molar-refractivity contribution in [3.05, 3.63) is 11.4 Å². The van der Waals surface area contributed by atoms with E-state index in [1.54, 1.807) is 0 Å². The molecule has 0 aliphatic heterocycles. The molecule has 1 heterocycles. The minimum Gasteiger partial charge on any atom is -0.481 e. The summed E-state index contributed by atoms with van der Waals surface area (Å²) in [5.41, 5.74) is 1.21. The second kappa shape index (κ2) is 2.58. The highest BCUT2D eigenvalue weighted by molar-refractivity contribution is 5.75. The average molecular weight is 168 g/mol. The number of nitrogens with zero attached hydrogens (tertiary/aromatic N) is 2. The van der Waals surface area contributed by atoms with Crippen LogP contribution in [0.2, 0.25) is 0 Å². The zero-order valence-electron chi connectivity index (χ0n) is 6.36. The van der Waals surface area contributed by atoms with Gasteiger partial charge in [-0.1, -0.05) is 10.3 Å². The third kappa shape index (κ3) is 0.975. The van der Waals surface area contributed by atoms with Crippen LogP contribution in [0.4, 0.5) is 0 Å². The number of aliphatic carboxylic acids is 1. The molecule has 0 spiro atoms. The lowest BCUT2D eigenvalue weighted by molar-refractivity contribution is -0.139. The summed E-state index contributed by atoms with van der Waals surface area (Å²) in [5.74, 6) is -1.35. The molecule has 64 valence electrons. The molecule has 5 heteroatoms. The van der Waals surface area contributed by atoms with E-state index in [-0.39, 0.29) is 0 Å². The van der Waals surface area contributed by atoms with Gasteiger partial charge in [-0.15, -0.1) is 0 Å². The van der Waals surface area contributed by atoms with Gasteiger partial charge in [0.05, 0.1) is 0 Å². The number of carbonyl (C=O) groups is 1. The summed E-state index contributed by atoms with van der Waals surface area (Å²) in [5, 5.41) is 16.0. The lowest BCUT2D eigenvalue weighted by atomic mass is 9.90. The molecule has 1 unspecified atom stereocenters. The molecule has 1 aromatic rings. The largest absolute Gasteiger partial charge is 0.481 e. The van der Waals surface area contributed by atoms with Crippen LogP contribution >= 0.6 is 0 Å². The van der Waals surface area contributed by atoms with Crippen LogP contribution < -0.4 is 0 Å². The van der Waals surface area contributed by atoms with Gasteiger partial charge in [0, 0.05) is 0 Å². The van der Waals surface area contributed by atoms with Crippen molar-refractivity contribution in [3.63, 3.8) is 0 Å². The van der Waals surface area contributed by atoms with E-state index < -0.39 is 11.9 Å². The van der Waals surface area contributed by atoms with Gasteiger partial charge in [0.1, 0.15) is 17.3 Å². The fourth-order valence-electron chi connectivity index (χ4n) is 1.50. The van der Waals surface area contributed by atoms with E-state index in [0.717, 1.165) is 12.8 Å². The van der Waals surface area contributed by atoms with Crippen LogP contribution in [0.25, 0.3) is 0 Å². The molecular formula is C7H8N2O3. The maximum atomic E-state index is 10.7. The number of hydrogen-bond donors (Lipinski definition) is 1. The maximum absolute atomic E-state index is 10.7. The number of rotatable bonds is 1. The van der Waals surface area contributed by atoms with E-state index in [2.05, 4.69) is 14.9 Å². The molecule has 1 N–H and O–H groups in total. The normalized spacial score (nSPS) is 21.8. The van der Waals surface area contributed by atoms with Gasteiger partial charge in [-0.05, 0) is 19.3 Å². The number of hydrogen-bond acceptors (Lipinski definition) is 4. The molecule has 5 nitrogen and oxygen atoms in total. The smallest absolute Gasteiger partial charge is 0.312 e. The van der Waals surface area contributed by atoms with Crippen molar-refractivity contribution < 1.29 is 14.5 Å². The van der Waals surface area contributed by atoms with E-state index in [9.17, 15) is 4.79 Å². The van der Waals surface area contributed by atoms with Gasteiger partial charge in [0.2, 0.25) is 0 Å². The molecular weight excluding hydrogens is 160 g/mol. The lowest BCUT2D eigenvalue weighted by Crippen LogP contribution is -2.17. The predicted octanol–water partition coefficient (Wildman–Crippen LogP) is 0.574. The Hall–Kier alpha value is -1.39. The second-order valence-corrected chi connectivity index (χ2v) is 2.88. The topological polar surface area (TPSA) is 76.2 Å². The summed E-state index contributed by atoms with van der Waals surface area (Å²) < 4.78 is 4.48. The summed E-state index contributed by atoms with van der Waals surface area (Å²) >= 11 is 0. The van der Waals surface area contributed by atoms with E-state index >= 15 is 0 Å². The molecule has 1 aliphatic rings. The zero-order chi connectivity index (χ0) is 8.55. The van der Waals surface area contributed by atoms with E-state index in [4.69, 9.17) is 5.11 Å². The Labute approximate surface area is 68.3 Å². The van der Waals surface area contributed by atoms with Crippen molar-refractivity contribution in [1.82, 2.24) is 10.3 Å². The monoisotopic (exact) mass is 168 g/mol. The minimum atomic E-state index is -0.841. The molecule has 0 bridgehead atoms. The third-order valence-corrected chi connectivity index (χ3v) is 2.12. The van der Waals surface area contributed by atoms with Crippen LogP contribution in [0.5, 0.6) is 0 Å². The van der Waals surface area contributed by atoms with Gasteiger partial charge in [-0.25, -0.2) is 4.63 Å². The van der Waals surface area contributed by atoms with E-state index in [1.807, 2.05) is 0 Å². The molecule has 0 amide bonds. The van der Waals surface area contributed by atoms with Gasteiger partial charge >= 0.3 is 5.97 Å². The van der Waals surface area contributed by atoms with Gasteiger partial charge in [-0.2, -0.15) is 0 Å². The number of aromatic nitrogens is 2. The highest BCUT2D eigenvalue weighted by Gasteiger charge is 2.30. The Morgan fingerprint density at radius 1 is 1.58 bits per heavy atom. The molecule has 0 saturated carbocycles. The van der Waals surface area contributed by atoms with Crippen LogP contribution in [0, 0.1) is 0 Å². The quantitative estimate of drug-likeness (QED) is 0.663. The first-order valence-corrected chi connectivity index (χ1v) is 3.83. The molecule has 2 rings (SSSR count). The van der Waals surface area contributed by atoms with Gasteiger partial charge in [0.25, 0.3) is 0 Å². The molecule has 12 heavy (non-hydrogen) atoms. The van der Waals surface area contributed by atoms with Crippen molar-refractivity contribution in [2.24, 2.45) is 0 Å². The number of carboxylic acids is 1. The van der Waals surface area contributed by atoms with Crippen molar-refractivity contribution in [1.29, 1.82) is 0 Å². The Balaban J connectivity index is 2.37. The Morgan fingerprint density at radius 3 is 3.17 bits per heavy atom. The fourth-order valence-corrected chi connectivity index (χ4v) is 1.50. The number of carboxylic acid groups (broad SMARTS) is 1. The summed E-state index contributed by atoms with van der Waals surface area (Å²) in [6.07, 6.45) is 2.26.